The van der Waals surface area contributed by atoms with Crippen molar-refractivity contribution < 1.29 is 0 Å². The Morgan fingerprint density at radius 2 is 1.46 bits per heavy atom. The van der Waals surface area contributed by atoms with Crippen LogP contribution in [0.1, 0.15) is 114 Å². The molecule has 0 N–H and O–H groups in total. The molecule has 2 aliphatic carbocycles. The predicted molar refractivity (Wildman–Crippen MR) is 110 cm³/mol. The van der Waals surface area contributed by atoms with E-state index in [0.717, 1.165) is 5.92 Å². The van der Waals surface area contributed by atoms with Crippen molar-refractivity contribution in [2.24, 2.45) is 27.6 Å². The lowest BCUT2D eigenvalue weighted by Gasteiger charge is -2.41. The van der Waals surface area contributed by atoms with Crippen LogP contribution in [0.15, 0.2) is 11.6 Å². The summed E-state index contributed by atoms with van der Waals surface area (Å²) in [5.41, 5.74) is 3.71. The second kappa shape index (κ2) is 7.55. The summed E-state index contributed by atoms with van der Waals surface area (Å²) in [7, 11) is 0. The quantitative estimate of drug-likeness (QED) is 0.390. The van der Waals surface area contributed by atoms with Crippen molar-refractivity contribution in [2.75, 3.05) is 0 Å². The average molecular weight is 335 g/mol. The van der Waals surface area contributed by atoms with Crippen LogP contribution in [-0.4, -0.2) is 0 Å². The lowest BCUT2D eigenvalue weighted by molar-refractivity contribution is 0.0959. The van der Waals surface area contributed by atoms with Gasteiger partial charge in [-0.05, 0) is 66.1 Å². The van der Waals surface area contributed by atoms with Gasteiger partial charge in [0.1, 0.15) is 0 Å². The minimum atomic E-state index is 0.387. The average Bonchev–Trinajstić information content (AvgIpc) is 2.35. The monoisotopic (exact) mass is 334 g/mol. The highest BCUT2D eigenvalue weighted by Crippen LogP contribution is 2.45. The minimum absolute atomic E-state index is 0.387. The Balaban J connectivity index is 0.000000240. The molecular weight excluding hydrogens is 288 g/mol. The number of rotatable bonds is 0. The van der Waals surface area contributed by atoms with Gasteiger partial charge in [0.25, 0.3) is 0 Å². The van der Waals surface area contributed by atoms with E-state index in [0.29, 0.717) is 21.7 Å². The molecule has 24 heavy (non-hydrogen) atoms. The Morgan fingerprint density at radius 1 is 0.875 bits per heavy atom. The standard InChI is InChI=1S/C12H24.C12H22/c2*1-11(2,3)10-7-6-8-12(4,5)9-10/h10H,6-9H2,1-5H3;7H,6,8-9H2,1-5H3. The Morgan fingerprint density at radius 3 is 1.79 bits per heavy atom. The molecule has 2 aliphatic rings. The van der Waals surface area contributed by atoms with Crippen molar-refractivity contribution in [3.05, 3.63) is 11.6 Å². The van der Waals surface area contributed by atoms with Gasteiger partial charge in [-0.2, -0.15) is 0 Å². The van der Waals surface area contributed by atoms with Crippen molar-refractivity contribution in [1.29, 1.82) is 0 Å². The van der Waals surface area contributed by atoms with E-state index in [1.54, 1.807) is 5.57 Å². The predicted octanol–water partition coefficient (Wildman–Crippen LogP) is 8.42. The van der Waals surface area contributed by atoms with Gasteiger partial charge in [-0.15, -0.1) is 0 Å². The van der Waals surface area contributed by atoms with Crippen molar-refractivity contribution >= 4 is 0 Å². The van der Waals surface area contributed by atoms with E-state index in [4.69, 9.17) is 0 Å². The van der Waals surface area contributed by atoms with Gasteiger partial charge in [0.2, 0.25) is 0 Å². The lowest BCUT2D eigenvalue weighted by atomic mass is 9.64. The van der Waals surface area contributed by atoms with Crippen LogP contribution < -0.4 is 0 Å². The van der Waals surface area contributed by atoms with Crippen LogP contribution in [0.25, 0.3) is 0 Å². The summed E-state index contributed by atoms with van der Waals surface area (Å²) in [5, 5.41) is 0. The molecule has 0 nitrogen and oxygen atoms in total. The molecule has 0 heteroatoms. The van der Waals surface area contributed by atoms with E-state index in [-0.39, 0.29) is 0 Å². The first kappa shape index (κ1) is 21.8. The molecule has 0 radical (unpaired) electrons. The van der Waals surface area contributed by atoms with Crippen LogP contribution in [0.3, 0.4) is 0 Å². The van der Waals surface area contributed by atoms with Crippen molar-refractivity contribution in [3.63, 3.8) is 0 Å². The highest BCUT2D eigenvalue weighted by molar-refractivity contribution is 5.15. The van der Waals surface area contributed by atoms with Gasteiger partial charge in [-0.3, -0.25) is 0 Å². The van der Waals surface area contributed by atoms with Crippen LogP contribution in [0.2, 0.25) is 0 Å². The summed E-state index contributed by atoms with van der Waals surface area (Å²) in [4.78, 5) is 0. The van der Waals surface area contributed by atoms with Crippen LogP contribution in [0.5, 0.6) is 0 Å². The molecule has 2 rings (SSSR count). The fourth-order valence-electron chi connectivity index (χ4n) is 4.32. The van der Waals surface area contributed by atoms with Gasteiger partial charge < -0.3 is 0 Å². The maximum Gasteiger partial charge on any atom is -0.0173 e. The molecule has 1 unspecified atom stereocenters. The molecular formula is C24H46. The first-order valence-corrected chi connectivity index (χ1v) is 10.3. The third kappa shape index (κ3) is 7.32. The highest BCUT2D eigenvalue weighted by Gasteiger charge is 2.34. The zero-order chi connectivity index (χ0) is 18.8. The van der Waals surface area contributed by atoms with E-state index in [1.807, 2.05) is 0 Å². The Labute approximate surface area is 153 Å². The van der Waals surface area contributed by atoms with Gasteiger partial charge >= 0.3 is 0 Å². The van der Waals surface area contributed by atoms with Crippen molar-refractivity contribution in [1.82, 2.24) is 0 Å². The van der Waals surface area contributed by atoms with Crippen LogP contribution in [-0.2, 0) is 0 Å². The third-order valence-electron chi connectivity index (χ3n) is 6.27. The van der Waals surface area contributed by atoms with Gasteiger partial charge in [0.05, 0.1) is 0 Å². The highest BCUT2D eigenvalue weighted by atomic mass is 14.4. The third-order valence-corrected chi connectivity index (χ3v) is 6.27. The molecule has 0 saturated heterocycles. The molecule has 0 aromatic carbocycles. The van der Waals surface area contributed by atoms with Gasteiger partial charge in [-0.25, -0.2) is 0 Å². The molecule has 0 bridgehead atoms. The smallest absolute Gasteiger partial charge is 0.0173 e. The normalized spacial score (nSPS) is 26.9. The number of hydrogen-bond donors (Lipinski definition) is 0. The van der Waals surface area contributed by atoms with Crippen LogP contribution >= 0.6 is 0 Å². The topological polar surface area (TPSA) is 0 Å². The maximum atomic E-state index is 2.45. The summed E-state index contributed by atoms with van der Waals surface area (Å²) < 4.78 is 0. The van der Waals surface area contributed by atoms with Gasteiger partial charge in [-0.1, -0.05) is 87.3 Å². The molecule has 0 amide bonds. The van der Waals surface area contributed by atoms with E-state index >= 15 is 0 Å². The lowest BCUT2D eigenvalue weighted by Crippen LogP contribution is -2.30. The Bertz CT molecular complexity index is 417. The van der Waals surface area contributed by atoms with E-state index in [9.17, 15) is 0 Å². The Kier molecular flexibility index (Phi) is 6.85. The zero-order valence-corrected chi connectivity index (χ0v) is 18.6. The molecule has 1 atom stereocenters. The van der Waals surface area contributed by atoms with Gasteiger partial charge in [0, 0.05) is 0 Å². The van der Waals surface area contributed by atoms with Gasteiger partial charge in [0.15, 0.2) is 0 Å². The number of hydrogen-bond acceptors (Lipinski definition) is 0. The molecule has 1 saturated carbocycles. The second-order valence-corrected chi connectivity index (χ2v) is 12.2. The molecule has 0 aromatic rings. The van der Waals surface area contributed by atoms with Crippen LogP contribution in [0, 0.1) is 27.6 Å². The Hall–Kier alpha value is -0.260. The largest absolute Gasteiger partial charge is 0.0848 e. The molecule has 0 heterocycles. The molecule has 0 aliphatic heterocycles. The zero-order valence-electron chi connectivity index (χ0n) is 18.6. The molecule has 0 spiro atoms. The summed E-state index contributed by atoms with van der Waals surface area (Å²) in [6, 6.07) is 0. The van der Waals surface area contributed by atoms with E-state index in [2.05, 4.69) is 75.3 Å². The SMILES string of the molecule is CC1(C)CCC=C(C(C)(C)C)C1.CC1(C)CCCC(C(C)(C)C)C1. The first-order chi connectivity index (χ1) is 10.6. The summed E-state index contributed by atoms with van der Waals surface area (Å²) >= 11 is 0. The summed E-state index contributed by atoms with van der Waals surface area (Å²) in [6.45, 7) is 23.7. The molecule has 1 fully saturated rings. The van der Waals surface area contributed by atoms with Crippen molar-refractivity contribution in [3.8, 4) is 0 Å². The fraction of sp³-hybridized carbons (Fsp3) is 0.917. The summed E-state index contributed by atoms with van der Waals surface area (Å²) in [6.07, 6.45) is 12.1. The minimum Gasteiger partial charge on any atom is -0.0848 e. The maximum absolute atomic E-state index is 2.45. The van der Waals surface area contributed by atoms with Crippen LogP contribution in [0.4, 0.5) is 0 Å². The second-order valence-electron chi connectivity index (χ2n) is 12.2. The molecule has 142 valence electrons. The number of allylic oxidation sites excluding steroid dienone is 2. The van der Waals surface area contributed by atoms with E-state index in [1.165, 1.54) is 44.9 Å². The summed E-state index contributed by atoms with van der Waals surface area (Å²) in [5.74, 6) is 0.946. The molecule has 0 aromatic heterocycles. The van der Waals surface area contributed by atoms with Crippen molar-refractivity contribution in [2.45, 2.75) is 114 Å². The van der Waals surface area contributed by atoms with E-state index < -0.39 is 0 Å². The fourth-order valence-corrected chi connectivity index (χ4v) is 4.32. The first-order valence-electron chi connectivity index (χ1n) is 10.3.